The van der Waals surface area contributed by atoms with Crippen LogP contribution in [0.15, 0.2) is 33.6 Å². The molecule has 5 heteroatoms. The molecule has 0 saturated carbocycles. The maximum absolute atomic E-state index is 3.55. The third-order valence-corrected chi connectivity index (χ3v) is 4.25. The largest absolute Gasteiger partial charge is 1.00 e. The Balaban J connectivity index is 0.00000225. The minimum atomic E-state index is 0. The van der Waals surface area contributed by atoms with Gasteiger partial charge in [-0.2, -0.15) is 0 Å². The van der Waals surface area contributed by atoms with Gasteiger partial charge in [0.2, 0.25) is 0 Å². The zero-order valence-electron chi connectivity index (χ0n) is 9.87. The quantitative estimate of drug-likeness (QED) is 0.205. The highest BCUT2D eigenvalue weighted by Crippen LogP contribution is 2.28. The van der Waals surface area contributed by atoms with Crippen LogP contribution >= 0.6 is 27.7 Å². The van der Waals surface area contributed by atoms with Gasteiger partial charge in [-0.1, -0.05) is 12.1 Å². The van der Waals surface area contributed by atoms with Crippen molar-refractivity contribution < 1.29 is 28.6 Å². The molecule has 0 heterocycles. The third-order valence-electron chi connectivity index (χ3n) is 1.80. The van der Waals surface area contributed by atoms with Crippen molar-refractivity contribution in [2.75, 3.05) is 28.2 Å². The first-order valence-corrected chi connectivity index (χ1v) is 6.27. The highest BCUT2D eigenvalue weighted by Gasteiger charge is 2.14. The fourth-order valence-electron chi connectivity index (χ4n) is 1.21. The summed E-state index contributed by atoms with van der Waals surface area (Å²) in [6.07, 6.45) is 0. The first-order chi connectivity index (χ1) is 7.02. The predicted octanol–water partition coefficient (Wildman–Crippen LogP) is -0.265. The summed E-state index contributed by atoms with van der Waals surface area (Å²) < 4.78 is 3.25. The van der Waals surface area contributed by atoms with Gasteiger partial charge < -0.3 is 24.0 Å². The average Bonchev–Trinajstić information content (AvgIpc) is 2.15. The Bertz CT molecular complexity index is 376. The lowest BCUT2D eigenvalue weighted by Gasteiger charge is -2.11. The molecule has 1 rings (SSSR count). The Labute approximate surface area is 127 Å². The molecular formula is C11H16BrIN2S. The van der Waals surface area contributed by atoms with Crippen LogP contribution < -0.4 is 24.0 Å². The number of amidine groups is 1. The lowest BCUT2D eigenvalue weighted by atomic mass is 10.4. The summed E-state index contributed by atoms with van der Waals surface area (Å²) in [5.41, 5.74) is 0. The fourth-order valence-corrected chi connectivity index (χ4v) is 2.61. The fraction of sp³-hybridized carbons (Fsp3) is 0.364. The number of nitrogens with zero attached hydrogens (tertiary/aromatic N) is 2. The minimum Gasteiger partial charge on any atom is -1.00 e. The Morgan fingerprint density at radius 2 is 1.81 bits per heavy atom. The van der Waals surface area contributed by atoms with Crippen molar-refractivity contribution in [1.82, 2.24) is 4.90 Å². The molecule has 0 amide bonds. The van der Waals surface area contributed by atoms with Crippen LogP contribution in [-0.4, -0.2) is 42.8 Å². The molecule has 90 valence electrons. The van der Waals surface area contributed by atoms with Gasteiger partial charge in [0.05, 0.1) is 28.2 Å². The van der Waals surface area contributed by atoms with Gasteiger partial charge in [0.1, 0.15) is 0 Å². The monoisotopic (exact) mass is 414 g/mol. The molecule has 2 nitrogen and oxygen atoms in total. The number of halogens is 2. The predicted molar refractivity (Wildman–Crippen MR) is 70.8 cm³/mol. The van der Waals surface area contributed by atoms with Crippen molar-refractivity contribution in [2.24, 2.45) is 0 Å². The Hall–Kier alpha value is 0.250. The molecule has 0 radical (unpaired) electrons. The number of hydrogen-bond acceptors (Lipinski definition) is 1. The zero-order valence-corrected chi connectivity index (χ0v) is 14.4. The summed E-state index contributed by atoms with van der Waals surface area (Å²) >= 11 is 5.30. The molecule has 0 saturated heterocycles. The SMILES string of the molecule is CN(C)C(Sc1ccccc1Br)=[N+](C)C.[I-]. The summed E-state index contributed by atoms with van der Waals surface area (Å²) in [6, 6.07) is 8.25. The van der Waals surface area contributed by atoms with E-state index in [9.17, 15) is 0 Å². The molecule has 0 N–H and O–H groups in total. The van der Waals surface area contributed by atoms with E-state index in [1.165, 1.54) is 10.1 Å². The second kappa shape index (κ2) is 7.55. The van der Waals surface area contributed by atoms with Gasteiger partial charge in [0.15, 0.2) is 0 Å². The maximum Gasteiger partial charge on any atom is 0.312 e. The lowest BCUT2D eigenvalue weighted by molar-refractivity contribution is -0.466. The van der Waals surface area contributed by atoms with E-state index < -0.39 is 0 Å². The van der Waals surface area contributed by atoms with Crippen molar-refractivity contribution in [3.05, 3.63) is 28.7 Å². The maximum atomic E-state index is 3.55. The smallest absolute Gasteiger partial charge is 0.312 e. The van der Waals surface area contributed by atoms with Crippen LogP contribution in [0.4, 0.5) is 0 Å². The van der Waals surface area contributed by atoms with Crippen molar-refractivity contribution in [2.45, 2.75) is 4.90 Å². The molecule has 1 aromatic rings. The molecule has 0 bridgehead atoms. The molecule has 0 fully saturated rings. The van der Waals surface area contributed by atoms with Gasteiger partial charge in [0.25, 0.3) is 0 Å². The van der Waals surface area contributed by atoms with E-state index in [4.69, 9.17) is 0 Å². The van der Waals surface area contributed by atoms with Crippen molar-refractivity contribution >= 4 is 32.9 Å². The highest BCUT2D eigenvalue weighted by molar-refractivity contribution is 9.10. The zero-order chi connectivity index (χ0) is 11.4. The van der Waals surface area contributed by atoms with Gasteiger partial charge in [-0.05, 0) is 39.8 Å². The van der Waals surface area contributed by atoms with Crippen LogP contribution in [0.1, 0.15) is 0 Å². The van der Waals surface area contributed by atoms with Crippen LogP contribution in [-0.2, 0) is 0 Å². The average molecular weight is 415 g/mol. The van der Waals surface area contributed by atoms with E-state index in [1.54, 1.807) is 11.8 Å². The molecule has 0 aliphatic heterocycles. The van der Waals surface area contributed by atoms with Crippen LogP contribution in [0.3, 0.4) is 0 Å². The summed E-state index contributed by atoms with van der Waals surface area (Å²) in [5, 5.41) is 1.21. The summed E-state index contributed by atoms with van der Waals surface area (Å²) in [7, 11) is 8.22. The Morgan fingerprint density at radius 3 is 2.25 bits per heavy atom. The minimum absolute atomic E-state index is 0. The lowest BCUT2D eigenvalue weighted by Crippen LogP contribution is -3.00. The van der Waals surface area contributed by atoms with E-state index >= 15 is 0 Å². The Morgan fingerprint density at radius 1 is 1.25 bits per heavy atom. The van der Waals surface area contributed by atoms with Gasteiger partial charge >= 0.3 is 5.17 Å². The number of rotatable bonds is 1. The van der Waals surface area contributed by atoms with Crippen molar-refractivity contribution in [1.29, 1.82) is 0 Å². The van der Waals surface area contributed by atoms with Gasteiger partial charge in [-0.15, -0.1) is 0 Å². The van der Waals surface area contributed by atoms with E-state index in [1.807, 2.05) is 6.07 Å². The van der Waals surface area contributed by atoms with E-state index in [0.717, 1.165) is 4.47 Å². The van der Waals surface area contributed by atoms with Crippen LogP contribution in [0.5, 0.6) is 0 Å². The molecule has 0 aliphatic rings. The van der Waals surface area contributed by atoms with Crippen LogP contribution in [0.2, 0.25) is 0 Å². The first kappa shape index (κ1) is 16.2. The molecule has 0 spiro atoms. The molecule has 0 aromatic heterocycles. The highest BCUT2D eigenvalue weighted by atomic mass is 127. The van der Waals surface area contributed by atoms with Crippen molar-refractivity contribution in [3.63, 3.8) is 0 Å². The third kappa shape index (κ3) is 4.63. The number of thioether (sulfide) groups is 1. The molecular weight excluding hydrogens is 399 g/mol. The van der Waals surface area contributed by atoms with E-state index in [-0.39, 0.29) is 24.0 Å². The van der Waals surface area contributed by atoms with E-state index in [0.29, 0.717) is 0 Å². The van der Waals surface area contributed by atoms with Gasteiger partial charge in [-0.3, -0.25) is 9.48 Å². The van der Waals surface area contributed by atoms with Crippen LogP contribution in [0, 0.1) is 0 Å². The molecule has 16 heavy (non-hydrogen) atoms. The van der Waals surface area contributed by atoms with E-state index in [2.05, 4.69) is 71.8 Å². The second-order valence-corrected chi connectivity index (χ2v) is 5.47. The topological polar surface area (TPSA) is 6.25 Å². The first-order valence-electron chi connectivity index (χ1n) is 4.66. The second-order valence-electron chi connectivity index (χ2n) is 3.60. The molecule has 0 atom stereocenters. The summed E-state index contributed by atoms with van der Waals surface area (Å²) in [6.45, 7) is 0. The van der Waals surface area contributed by atoms with Gasteiger partial charge in [0, 0.05) is 9.37 Å². The summed E-state index contributed by atoms with van der Waals surface area (Å²) in [4.78, 5) is 3.35. The summed E-state index contributed by atoms with van der Waals surface area (Å²) in [5.74, 6) is 0. The van der Waals surface area contributed by atoms with Gasteiger partial charge in [-0.25, -0.2) is 0 Å². The normalized spacial score (nSPS) is 9.31. The van der Waals surface area contributed by atoms with Crippen LogP contribution in [0.25, 0.3) is 0 Å². The van der Waals surface area contributed by atoms with Crippen molar-refractivity contribution in [3.8, 4) is 0 Å². The molecule has 1 aromatic carbocycles. The molecule has 0 aliphatic carbocycles. The molecule has 0 unspecified atom stereocenters. The standard InChI is InChI=1S/C11H16BrN2S.HI/c1-13(2)11(14(3)4)15-10-8-6-5-7-9(10)12;/h5-8H,1-4H3;1H/q+1;/p-1. The Kier molecular flexibility index (Phi) is 7.67. The number of hydrogen-bond donors (Lipinski definition) is 0. The number of benzene rings is 1.